The van der Waals surface area contributed by atoms with E-state index in [4.69, 9.17) is 12.2 Å². The monoisotopic (exact) mass is 234 g/mol. The van der Waals surface area contributed by atoms with Crippen molar-refractivity contribution in [1.29, 1.82) is 0 Å². The van der Waals surface area contributed by atoms with Gasteiger partial charge in [0.1, 0.15) is 0 Å². The lowest BCUT2D eigenvalue weighted by Crippen LogP contribution is -2.35. The molecule has 14 heavy (non-hydrogen) atoms. The molecule has 0 heterocycles. The van der Waals surface area contributed by atoms with Crippen molar-refractivity contribution in [2.45, 2.75) is 32.6 Å². The quantitative estimate of drug-likeness (QED) is 0.497. The van der Waals surface area contributed by atoms with Crippen molar-refractivity contribution in [3.8, 4) is 0 Å². The highest BCUT2D eigenvalue weighted by Gasteiger charge is 1.92. The van der Waals surface area contributed by atoms with Crippen LogP contribution in [0.25, 0.3) is 0 Å². The molecule has 0 fully saturated rings. The summed E-state index contributed by atoms with van der Waals surface area (Å²) in [5, 5.41) is 7.05. The van der Waals surface area contributed by atoms with Crippen molar-refractivity contribution in [3.05, 3.63) is 0 Å². The first kappa shape index (κ1) is 14.0. The number of hydrogen-bond donors (Lipinski definition) is 2. The molecule has 0 aromatic rings. The number of thioether (sulfide) groups is 1. The fourth-order valence-corrected chi connectivity index (χ4v) is 1.89. The highest BCUT2D eigenvalue weighted by molar-refractivity contribution is 7.98. The Hall–Kier alpha value is 0.0400. The second kappa shape index (κ2) is 11.1. The number of unbranched alkanes of at least 4 members (excludes halogenated alkanes) is 3. The summed E-state index contributed by atoms with van der Waals surface area (Å²) in [6, 6.07) is 0. The van der Waals surface area contributed by atoms with Crippen LogP contribution in [-0.4, -0.2) is 30.2 Å². The molecule has 0 unspecified atom stereocenters. The van der Waals surface area contributed by atoms with Crippen molar-refractivity contribution >= 4 is 29.1 Å². The zero-order chi connectivity index (χ0) is 10.6. The smallest absolute Gasteiger partial charge is 0.166 e. The predicted molar refractivity (Wildman–Crippen MR) is 71.1 cm³/mol. The summed E-state index contributed by atoms with van der Waals surface area (Å²) in [5.74, 6) is 1.29. The Labute approximate surface area is 97.6 Å². The van der Waals surface area contributed by atoms with Crippen molar-refractivity contribution in [3.63, 3.8) is 0 Å². The summed E-state index contributed by atoms with van der Waals surface area (Å²) in [6.07, 6.45) is 7.38. The minimum absolute atomic E-state index is 0.789. The highest BCUT2D eigenvalue weighted by atomic mass is 32.2. The lowest BCUT2D eigenvalue weighted by atomic mass is 10.2. The van der Waals surface area contributed by atoms with Gasteiger partial charge in [-0.2, -0.15) is 11.8 Å². The summed E-state index contributed by atoms with van der Waals surface area (Å²) in [6.45, 7) is 3.96. The Morgan fingerprint density at radius 3 is 2.50 bits per heavy atom. The van der Waals surface area contributed by atoms with Crippen LogP contribution in [0, 0.1) is 0 Å². The maximum Gasteiger partial charge on any atom is 0.166 e. The molecule has 0 bridgehead atoms. The second-order valence-corrected chi connectivity index (χ2v) is 4.59. The van der Waals surface area contributed by atoms with E-state index < -0.39 is 0 Å². The van der Waals surface area contributed by atoms with Gasteiger partial charge in [0.05, 0.1) is 0 Å². The number of hydrogen-bond acceptors (Lipinski definition) is 2. The Balaban J connectivity index is 3.01. The number of rotatable bonds is 8. The second-order valence-electron chi connectivity index (χ2n) is 3.19. The van der Waals surface area contributed by atoms with E-state index in [1.807, 2.05) is 11.8 Å². The molecule has 0 aliphatic heterocycles. The van der Waals surface area contributed by atoms with E-state index in [0.29, 0.717) is 0 Å². The minimum atomic E-state index is 0.789. The molecular weight excluding hydrogens is 212 g/mol. The largest absolute Gasteiger partial charge is 0.363 e. The molecule has 0 rings (SSSR count). The molecule has 0 amide bonds. The Morgan fingerprint density at radius 1 is 1.14 bits per heavy atom. The summed E-state index contributed by atoms with van der Waals surface area (Å²) >= 11 is 6.98. The molecule has 0 spiro atoms. The maximum atomic E-state index is 5.05. The zero-order valence-corrected chi connectivity index (χ0v) is 10.9. The van der Waals surface area contributed by atoms with Gasteiger partial charge in [0.25, 0.3) is 0 Å². The third kappa shape index (κ3) is 10.1. The average molecular weight is 234 g/mol. The van der Waals surface area contributed by atoms with Crippen LogP contribution in [0.2, 0.25) is 0 Å². The van der Waals surface area contributed by atoms with Gasteiger partial charge < -0.3 is 10.6 Å². The highest BCUT2D eigenvalue weighted by Crippen LogP contribution is 2.03. The standard InChI is InChI=1S/C10H22N2S2/c1-3-11-10(13)12-8-6-4-5-7-9-14-2/h3-9H2,1-2H3,(H2,11,12,13). The van der Waals surface area contributed by atoms with Crippen LogP contribution in [0.4, 0.5) is 0 Å². The van der Waals surface area contributed by atoms with Gasteiger partial charge in [-0.25, -0.2) is 0 Å². The van der Waals surface area contributed by atoms with Crippen molar-refractivity contribution in [2.24, 2.45) is 0 Å². The summed E-state index contributed by atoms with van der Waals surface area (Å²) in [5.41, 5.74) is 0. The van der Waals surface area contributed by atoms with Crippen molar-refractivity contribution in [1.82, 2.24) is 10.6 Å². The number of nitrogens with one attached hydrogen (secondary N) is 2. The van der Waals surface area contributed by atoms with Crippen LogP contribution >= 0.6 is 24.0 Å². The van der Waals surface area contributed by atoms with Gasteiger partial charge in [-0.1, -0.05) is 12.8 Å². The van der Waals surface area contributed by atoms with Crippen LogP contribution in [0.15, 0.2) is 0 Å². The van der Waals surface area contributed by atoms with Gasteiger partial charge >= 0.3 is 0 Å². The van der Waals surface area contributed by atoms with Crippen molar-refractivity contribution in [2.75, 3.05) is 25.1 Å². The van der Waals surface area contributed by atoms with Crippen molar-refractivity contribution < 1.29 is 0 Å². The summed E-state index contributed by atoms with van der Waals surface area (Å²) in [7, 11) is 0. The third-order valence-electron chi connectivity index (χ3n) is 1.90. The van der Waals surface area contributed by atoms with Gasteiger partial charge in [0.15, 0.2) is 5.11 Å². The minimum Gasteiger partial charge on any atom is -0.363 e. The van der Waals surface area contributed by atoms with Gasteiger partial charge in [0.2, 0.25) is 0 Å². The predicted octanol–water partition coefficient (Wildman–Crippen LogP) is 2.39. The first-order valence-electron chi connectivity index (χ1n) is 5.32. The molecule has 84 valence electrons. The van der Waals surface area contributed by atoms with E-state index in [0.717, 1.165) is 18.2 Å². The van der Waals surface area contributed by atoms with Crippen LogP contribution in [-0.2, 0) is 0 Å². The molecule has 0 aromatic carbocycles. The molecular formula is C10H22N2S2. The molecule has 2 nitrogen and oxygen atoms in total. The molecule has 0 saturated carbocycles. The van der Waals surface area contributed by atoms with Crippen LogP contribution in [0.5, 0.6) is 0 Å². The van der Waals surface area contributed by atoms with E-state index in [-0.39, 0.29) is 0 Å². The topological polar surface area (TPSA) is 24.1 Å². The molecule has 0 aromatic heterocycles. The van der Waals surface area contributed by atoms with Crippen LogP contribution < -0.4 is 10.6 Å². The van der Waals surface area contributed by atoms with Crippen LogP contribution in [0.1, 0.15) is 32.6 Å². The van der Waals surface area contributed by atoms with E-state index in [1.54, 1.807) is 0 Å². The summed E-state index contributed by atoms with van der Waals surface area (Å²) < 4.78 is 0. The Bertz CT molecular complexity index is 140. The van der Waals surface area contributed by atoms with E-state index in [1.165, 1.54) is 31.4 Å². The summed E-state index contributed by atoms with van der Waals surface area (Å²) in [4.78, 5) is 0. The normalized spacial score (nSPS) is 9.86. The molecule has 0 atom stereocenters. The number of thiocarbonyl (C=S) groups is 1. The third-order valence-corrected chi connectivity index (χ3v) is 2.88. The van der Waals surface area contributed by atoms with Gasteiger partial charge in [-0.3, -0.25) is 0 Å². The lowest BCUT2D eigenvalue weighted by molar-refractivity contribution is 0.654. The maximum absolute atomic E-state index is 5.05. The Morgan fingerprint density at radius 2 is 1.86 bits per heavy atom. The van der Waals surface area contributed by atoms with Gasteiger partial charge in [0, 0.05) is 13.1 Å². The Kier molecular flexibility index (Phi) is 11.1. The molecule has 2 N–H and O–H groups in total. The van der Waals surface area contributed by atoms with E-state index in [9.17, 15) is 0 Å². The fourth-order valence-electron chi connectivity index (χ4n) is 1.15. The first-order valence-corrected chi connectivity index (χ1v) is 7.12. The van der Waals surface area contributed by atoms with Gasteiger partial charge in [-0.05, 0) is 44.0 Å². The lowest BCUT2D eigenvalue weighted by Gasteiger charge is -2.07. The van der Waals surface area contributed by atoms with Crippen LogP contribution in [0.3, 0.4) is 0 Å². The van der Waals surface area contributed by atoms with Gasteiger partial charge in [-0.15, -0.1) is 0 Å². The molecule has 0 aliphatic carbocycles. The molecule has 0 radical (unpaired) electrons. The zero-order valence-electron chi connectivity index (χ0n) is 9.27. The average Bonchev–Trinajstić information content (AvgIpc) is 2.17. The molecule has 4 heteroatoms. The molecule has 0 saturated heterocycles. The fraction of sp³-hybridized carbons (Fsp3) is 0.900. The van der Waals surface area contributed by atoms with E-state index in [2.05, 4.69) is 23.8 Å². The van der Waals surface area contributed by atoms with E-state index >= 15 is 0 Å². The molecule has 0 aliphatic rings. The first-order chi connectivity index (χ1) is 6.81. The SMILES string of the molecule is CCNC(=S)NCCCCCCSC.